The Morgan fingerprint density at radius 3 is 1.70 bits per heavy atom. The summed E-state index contributed by atoms with van der Waals surface area (Å²) >= 11 is 0. The van der Waals surface area contributed by atoms with E-state index in [9.17, 15) is 5.11 Å². The first-order valence-electron chi connectivity index (χ1n) is 21.6. The molecule has 3 aromatic heterocycles. The third-order valence-corrected chi connectivity index (χ3v) is 12.1. The van der Waals surface area contributed by atoms with E-state index in [-0.39, 0.29) is 43.1 Å². The Balaban J connectivity index is 0.00000544. The zero-order chi connectivity index (χ0) is 43.6. The smallest absolute Gasteiger partial charge is 0.124 e. The molecule has 318 valence electrons. The molecule has 6 aromatic carbocycles. The molecule has 3 heterocycles. The number of phenolic OH excluding ortho intramolecular Hbond substituents is 1. The molecule has 9 rings (SSSR count). The number of phenols is 1. The van der Waals surface area contributed by atoms with Crippen LogP contribution in [0, 0.1) is 6.07 Å². The quantitative estimate of drug-likeness (QED) is 0.169. The van der Waals surface area contributed by atoms with Gasteiger partial charge in [-0.05, 0) is 86.5 Å². The maximum atomic E-state index is 11.2. The number of pyridine rings is 2. The van der Waals surface area contributed by atoms with Gasteiger partial charge in [0.25, 0.3) is 0 Å². The standard InChI is InChI=1S/C58H54N3O.Pt/c1-56(2,3)42-31-40(50-33-37(26-27-59-50)46-22-17-23-48-47-20-13-15-24-53(47)61(55(46)48)45-18-11-10-12-19-45)28-41(32-42)51-34-39(35-52(60-51)49-21-14-16-25-54(49)62)38-29-43(57(4,5)6)36-44(30-38)58(7,8)9;/h10-27,29-36,62H,1-9H3;/q-1;. The Hall–Kier alpha value is -6.09. The van der Waals surface area contributed by atoms with Crippen LogP contribution in [0.5, 0.6) is 5.75 Å². The van der Waals surface area contributed by atoms with Crippen LogP contribution in [-0.2, 0) is 37.3 Å². The third-order valence-electron chi connectivity index (χ3n) is 12.1. The van der Waals surface area contributed by atoms with Crippen LogP contribution in [0.3, 0.4) is 0 Å². The number of hydrogen-bond donors (Lipinski definition) is 1. The molecule has 0 aliphatic rings. The summed E-state index contributed by atoms with van der Waals surface area (Å²) < 4.78 is 2.38. The summed E-state index contributed by atoms with van der Waals surface area (Å²) in [5.74, 6) is 0.192. The Kier molecular flexibility index (Phi) is 11.4. The van der Waals surface area contributed by atoms with E-state index in [0.29, 0.717) is 11.3 Å². The summed E-state index contributed by atoms with van der Waals surface area (Å²) in [6, 6.07) is 57.2. The predicted octanol–water partition coefficient (Wildman–Crippen LogP) is 15.3. The number of nitrogens with zero attached hydrogens (tertiary/aromatic N) is 3. The summed E-state index contributed by atoms with van der Waals surface area (Å²) in [6.07, 6.45) is 1.92. The minimum atomic E-state index is -0.181. The van der Waals surface area contributed by atoms with Gasteiger partial charge >= 0.3 is 0 Å². The Morgan fingerprint density at radius 2 is 1.02 bits per heavy atom. The van der Waals surface area contributed by atoms with Crippen molar-refractivity contribution in [3.05, 3.63) is 181 Å². The molecule has 0 radical (unpaired) electrons. The molecule has 0 amide bonds. The first kappa shape index (κ1) is 43.6. The van der Waals surface area contributed by atoms with Crippen molar-refractivity contribution in [3.63, 3.8) is 0 Å². The van der Waals surface area contributed by atoms with Crippen molar-refractivity contribution in [2.45, 2.75) is 78.6 Å². The van der Waals surface area contributed by atoms with Gasteiger partial charge in [-0.25, -0.2) is 0 Å². The Morgan fingerprint density at radius 1 is 0.476 bits per heavy atom. The van der Waals surface area contributed by atoms with Crippen molar-refractivity contribution in [2.24, 2.45) is 0 Å². The summed E-state index contributed by atoms with van der Waals surface area (Å²) in [5.41, 5.74) is 16.0. The second-order valence-corrected chi connectivity index (χ2v) is 19.7. The number of para-hydroxylation sites is 4. The van der Waals surface area contributed by atoms with Crippen LogP contribution >= 0.6 is 0 Å². The average molecular weight is 1000 g/mol. The molecule has 0 spiro atoms. The van der Waals surface area contributed by atoms with Gasteiger partial charge in [0, 0.05) is 66.2 Å². The number of hydrogen-bond acceptors (Lipinski definition) is 3. The zero-order valence-corrected chi connectivity index (χ0v) is 39.9. The van der Waals surface area contributed by atoms with Crippen molar-refractivity contribution >= 4 is 21.8 Å². The van der Waals surface area contributed by atoms with Gasteiger partial charge in [-0.1, -0.05) is 171 Å². The molecular formula is C58H54N3OPt-. The van der Waals surface area contributed by atoms with E-state index in [4.69, 9.17) is 9.97 Å². The molecule has 0 aliphatic heterocycles. The van der Waals surface area contributed by atoms with Crippen molar-refractivity contribution in [2.75, 3.05) is 0 Å². The molecule has 0 bridgehead atoms. The molecule has 1 N–H and O–H groups in total. The Labute approximate surface area is 387 Å². The zero-order valence-electron chi connectivity index (χ0n) is 37.6. The second-order valence-electron chi connectivity index (χ2n) is 19.7. The number of aromatic nitrogens is 3. The molecule has 0 unspecified atom stereocenters. The van der Waals surface area contributed by atoms with Crippen LogP contribution in [0.2, 0.25) is 0 Å². The molecule has 9 aromatic rings. The first-order chi connectivity index (χ1) is 29.5. The molecule has 0 saturated heterocycles. The van der Waals surface area contributed by atoms with Crippen LogP contribution in [0.25, 0.3) is 83.5 Å². The minimum Gasteiger partial charge on any atom is -0.507 e. The number of benzene rings is 6. The van der Waals surface area contributed by atoms with Crippen LogP contribution < -0.4 is 0 Å². The SMILES string of the molecule is CC(C)(C)c1cc(-c2cc(-c3cccc4c5ccccc5n(-c5ccccc5)c34)ccn2)[c-]c(-c2cc(-c3cc(C(C)(C)C)cc(C(C)(C)C)c3)cc(-c3ccccc3O)n2)c1.[Pt]. The van der Waals surface area contributed by atoms with Gasteiger partial charge in [-0.3, -0.25) is 9.97 Å². The normalized spacial score (nSPS) is 12.1. The van der Waals surface area contributed by atoms with E-state index in [2.05, 4.69) is 200 Å². The molecule has 63 heavy (non-hydrogen) atoms. The monoisotopic (exact) mass is 1000 g/mol. The molecule has 4 nitrogen and oxygen atoms in total. The fraction of sp³-hybridized carbons (Fsp3) is 0.207. The molecular weight excluding hydrogens is 950 g/mol. The second kappa shape index (κ2) is 16.6. The first-order valence-corrected chi connectivity index (χ1v) is 21.6. The number of rotatable bonds is 6. The van der Waals surface area contributed by atoms with Crippen LogP contribution in [-0.4, -0.2) is 19.6 Å². The fourth-order valence-electron chi connectivity index (χ4n) is 8.44. The molecule has 5 heteroatoms. The van der Waals surface area contributed by atoms with E-state index >= 15 is 0 Å². The van der Waals surface area contributed by atoms with E-state index < -0.39 is 0 Å². The van der Waals surface area contributed by atoms with Gasteiger partial charge < -0.3 is 9.67 Å². The van der Waals surface area contributed by atoms with Crippen LogP contribution in [0.15, 0.2) is 158 Å². The van der Waals surface area contributed by atoms with Crippen LogP contribution in [0.4, 0.5) is 0 Å². The van der Waals surface area contributed by atoms with Crippen molar-refractivity contribution in [3.8, 4) is 67.5 Å². The largest absolute Gasteiger partial charge is 0.507 e. The van der Waals surface area contributed by atoms with E-state index in [1.165, 1.54) is 27.4 Å². The van der Waals surface area contributed by atoms with Gasteiger partial charge in [0.15, 0.2) is 0 Å². The Bertz CT molecular complexity index is 3110. The predicted molar refractivity (Wildman–Crippen MR) is 260 cm³/mol. The van der Waals surface area contributed by atoms with Gasteiger partial charge in [-0.15, -0.1) is 23.8 Å². The summed E-state index contributed by atoms with van der Waals surface area (Å²) in [5, 5.41) is 13.6. The van der Waals surface area contributed by atoms with Gasteiger partial charge in [0.2, 0.25) is 0 Å². The number of fused-ring (bicyclic) bond motifs is 3. The fourth-order valence-corrected chi connectivity index (χ4v) is 8.44. The van der Waals surface area contributed by atoms with E-state index in [1.54, 1.807) is 6.07 Å². The van der Waals surface area contributed by atoms with E-state index in [1.807, 2.05) is 24.4 Å². The summed E-state index contributed by atoms with van der Waals surface area (Å²) in [7, 11) is 0. The van der Waals surface area contributed by atoms with Crippen molar-refractivity contribution in [1.82, 2.24) is 14.5 Å². The van der Waals surface area contributed by atoms with Gasteiger partial charge in [0.05, 0.1) is 16.7 Å². The topological polar surface area (TPSA) is 50.9 Å². The maximum Gasteiger partial charge on any atom is 0.124 e. The van der Waals surface area contributed by atoms with E-state index in [0.717, 1.165) is 61.5 Å². The maximum absolute atomic E-state index is 11.2. The summed E-state index contributed by atoms with van der Waals surface area (Å²) in [4.78, 5) is 10.3. The average Bonchev–Trinajstić information content (AvgIpc) is 3.60. The molecule has 0 atom stereocenters. The third kappa shape index (κ3) is 8.54. The summed E-state index contributed by atoms with van der Waals surface area (Å²) in [6.45, 7) is 20.3. The number of aromatic hydroxyl groups is 1. The van der Waals surface area contributed by atoms with Gasteiger partial charge in [0.1, 0.15) is 5.75 Å². The van der Waals surface area contributed by atoms with Crippen molar-refractivity contribution in [1.29, 1.82) is 0 Å². The van der Waals surface area contributed by atoms with Gasteiger partial charge in [-0.2, -0.15) is 0 Å². The molecule has 0 fully saturated rings. The molecule has 0 aliphatic carbocycles. The molecule has 0 saturated carbocycles. The van der Waals surface area contributed by atoms with Crippen molar-refractivity contribution < 1.29 is 26.2 Å². The van der Waals surface area contributed by atoms with Crippen LogP contribution in [0.1, 0.15) is 79.0 Å². The minimum absolute atomic E-state index is 0.